The van der Waals surface area contributed by atoms with E-state index in [1.807, 2.05) is 6.92 Å². The molecule has 0 N–H and O–H groups in total. The Morgan fingerprint density at radius 1 is 1.53 bits per heavy atom. The summed E-state index contributed by atoms with van der Waals surface area (Å²) in [5.74, 6) is 0.668. The van der Waals surface area contributed by atoms with Crippen molar-refractivity contribution in [3.63, 3.8) is 0 Å². The zero-order chi connectivity index (χ0) is 13.7. The van der Waals surface area contributed by atoms with E-state index in [-0.39, 0.29) is 11.9 Å². The van der Waals surface area contributed by atoms with Gasteiger partial charge in [-0.15, -0.1) is 5.10 Å². The fourth-order valence-corrected chi connectivity index (χ4v) is 3.71. The Balaban J connectivity index is 1.89. The third kappa shape index (κ3) is 3.87. The minimum Gasteiger partial charge on any atom is -0.472 e. The maximum Gasteiger partial charge on any atom is 0.233 e. The molecule has 0 radical (unpaired) electrons. The van der Waals surface area contributed by atoms with Crippen molar-refractivity contribution in [2.45, 2.75) is 32.3 Å². The Morgan fingerprint density at radius 2 is 2.37 bits per heavy atom. The van der Waals surface area contributed by atoms with Gasteiger partial charge in [0.1, 0.15) is 6.10 Å². The molecular weight excluding hydrogens is 266 g/mol. The van der Waals surface area contributed by atoms with Crippen molar-refractivity contribution in [1.82, 2.24) is 14.5 Å². The van der Waals surface area contributed by atoms with Crippen LogP contribution in [-0.4, -0.2) is 47.9 Å². The van der Waals surface area contributed by atoms with Crippen LogP contribution in [0.1, 0.15) is 26.2 Å². The van der Waals surface area contributed by atoms with Crippen LogP contribution in [-0.2, 0) is 10.0 Å². The average Bonchev–Trinajstić information content (AvgIpc) is 2.87. The third-order valence-electron chi connectivity index (χ3n) is 3.09. The molecule has 7 heteroatoms. The number of hydrogen-bond donors (Lipinski definition) is 0. The SMILES string of the molecule is CCCCS(=O)(=O)N1CCC(Oc2cccnn2)C1. The topological polar surface area (TPSA) is 72.4 Å². The lowest BCUT2D eigenvalue weighted by atomic mass is 10.3. The highest BCUT2D eigenvalue weighted by Gasteiger charge is 2.32. The van der Waals surface area contributed by atoms with Crippen molar-refractivity contribution in [2.24, 2.45) is 0 Å². The number of ether oxygens (including phenoxy) is 1. The van der Waals surface area contributed by atoms with E-state index >= 15 is 0 Å². The van der Waals surface area contributed by atoms with E-state index in [4.69, 9.17) is 4.74 Å². The van der Waals surface area contributed by atoms with Gasteiger partial charge >= 0.3 is 0 Å². The first-order chi connectivity index (χ1) is 9.12. The van der Waals surface area contributed by atoms with Crippen LogP contribution in [0.5, 0.6) is 5.88 Å². The Bertz CT molecular complexity index is 492. The van der Waals surface area contributed by atoms with Gasteiger partial charge < -0.3 is 4.74 Å². The van der Waals surface area contributed by atoms with Gasteiger partial charge in [0.05, 0.1) is 12.3 Å². The third-order valence-corrected chi connectivity index (χ3v) is 5.02. The molecule has 1 fully saturated rings. The predicted octanol–water partition coefficient (Wildman–Crippen LogP) is 1.06. The number of sulfonamides is 1. The van der Waals surface area contributed by atoms with E-state index in [2.05, 4.69) is 10.2 Å². The summed E-state index contributed by atoms with van der Waals surface area (Å²) in [6.45, 7) is 2.92. The van der Waals surface area contributed by atoms with Gasteiger partial charge in [-0.1, -0.05) is 13.3 Å². The second-order valence-electron chi connectivity index (χ2n) is 4.62. The van der Waals surface area contributed by atoms with E-state index in [0.29, 0.717) is 31.8 Å². The highest BCUT2D eigenvalue weighted by atomic mass is 32.2. The molecule has 0 bridgehead atoms. The Labute approximate surface area is 113 Å². The largest absolute Gasteiger partial charge is 0.472 e. The minimum absolute atomic E-state index is 0.131. The van der Waals surface area contributed by atoms with E-state index in [0.717, 1.165) is 6.42 Å². The van der Waals surface area contributed by atoms with Gasteiger partial charge in [0, 0.05) is 18.8 Å². The Morgan fingerprint density at radius 3 is 3.05 bits per heavy atom. The molecule has 0 aromatic carbocycles. The van der Waals surface area contributed by atoms with E-state index in [1.165, 1.54) is 4.31 Å². The molecule has 0 aliphatic carbocycles. The van der Waals surface area contributed by atoms with Crippen LogP contribution < -0.4 is 4.74 Å². The summed E-state index contributed by atoms with van der Waals surface area (Å²) in [6.07, 6.45) is 3.72. The summed E-state index contributed by atoms with van der Waals surface area (Å²) in [4.78, 5) is 0. The van der Waals surface area contributed by atoms with Gasteiger partial charge in [0.2, 0.25) is 15.9 Å². The highest BCUT2D eigenvalue weighted by molar-refractivity contribution is 7.89. The van der Waals surface area contributed by atoms with Crippen molar-refractivity contribution in [3.05, 3.63) is 18.3 Å². The maximum atomic E-state index is 12.0. The van der Waals surface area contributed by atoms with Gasteiger partial charge in [-0.25, -0.2) is 8.42 Å². The van der Waals surface area contributed by atoms with Crippen LogP contribution in [0.15, 0.2) is 18.3 Å². The van der Waals surface area contributed by atoms with Crippen molar-refractivity contribution < 1.29 is 13.2 Å². The van der Waals surface area contributed by atoms with E-state index in [9.17, 15) is 8.42 Å². The van der Waals surface area contributed by atoms with Crippen LogP contribution in [0, 0.1) is 0 Å². The van der Waals surface area contributed by atoms with Crippen molar-refractivity contribution in [1.29, 1.82) is 0 Å². The standard InChI is InChI=1S/C12H19N3O3S/c1-2-3-9-19(16,17)15-8-6-11(10-15)18-12-5-4-7-13-14-12/h4-5,7,11H,2-3,6,8-10H2,1H3. The molecular formula is C12H19N3O3S. The summed E-state index contributed by atoms with van der Waals surface area (Å²) in [6, 6.07) is 3.47. The molecule has 19 heavy (non-hydrogen) atoms. The normalized spacial score (nSPS) is 20.6. The number of aromatic nitrogens is 2. The monoisotopic (exact) mass is 285 g/mol. The summed E-state index contributed by atoms with van der Waals surface area (Å²) in [5, 5.41) is 7.57. The number of unbranched alkanes of at least 4 members (excludes halogenated alkanes) is 1. The fourth-order valence-electron chi connectivity index (χ4n) is 2.02. The van der Waals surface area contributed by atoms with Crippen molar-refractivity contribution >= 4 is 10.0 Å². The smallest absolute Gasteiger partial charge is 0.233 e. The zero-order valence-corrected chi connectivity index (χ0v) is 11.8. The van der Waals surface area contributed by atoms with Crippen LogP contribution in [0.2, 0.25) is 0 Å². The van der Waals surface area contributed by atoms with Gasteiger partial charge in [0.15, 0.2) is 0 Å². The summed E-state index contributed by atoms with van der Waals surface area (Å²) in [5.41, 5.74) is 0. The first-order valence-electron chi connectivity index (χ1n) is 6.54. The highest BCUT2D eigenvalue weighted by Crippen LogP contribution is 2.19. The van der Waals surface area contributed by atoms with Gasteiger partial charge in [-0.05, 0) is 18.9 Å². The van der Waals surface area contributed by atoms with Crippen LogP contribution in [0.25, 0.3) is 0 Å². The molecule has 0 spiro atoms. The molecule has 2 rings (SSSR count). The molecule has 1 aliphatic rings. The zero-order valence-electron chi connectivity index (χ0n) is 11.0. The summed E-state index contributed by atoms with van der Waals surface area (Å²) < 4.78 is 31.2. The molecule has 1 unspecified atom stereocenters. The molecule has 106 valence electrons. The number of rotatable bonds is 6. The maximum absolute atomic E-state index is 12.0. The molecule has 0 amide bonds. The number of nitrogens with zero attached hydrogens (tertiary/aromatic N) is 3. The molecule has 0 saturated carbocycles. The molecule has 2 heterocycles. The molecule has 1 aromatic rings. The molecule has 1 atom stereocenters. The van der Waals surface area contributed by atoms with Crippen LogP contribution >= 0.6 is 0 Å². The van der Waals surface area contributed by atoms with Gasteiger partial charge in [-0.3, -0.25) is 0 Å². The lowest BCUT2D eigenvalue weighted by Gasteiger charge is -2.16. The Kier molecular flexibility index (Phi) is 4.71. The first-order valence-corrected chi connectivity index (χ1v) is 8.15. The lowest BCUT2D eigenvalue weighted by Crippen LogP contribution is -2.32. The van der Waals surface area contributed by atoms with Crippen LogP contribution in [0.3, 0.4) is 0 Å². The molecule has 1 aliphatic heterocycles. The molecule has 1 aromatic heterocycles. The van der Waals surface area contributed by atoms with Crippen molar-refractivity contribution in [3.8, 4) is 5.88 Å². The Hall–Kier alpha value is -1.21. The quantitative estimate of drug-likeness (QED) is 0.781. The van der Waals surface area contributed by atoms with E-state index < -0.39 is 10.0 Å². The molecule has 6 nitrogen and oxygen atoms in total. The minimum atomic E-state index is -3.13. The summed E-state index contributed by atoms with van der Waals surface area (Å²) in [7, 11) is -3.13. The number of hydrogen-bond acceptors (Lipinski definition) is 5. The van der Waals surface area contributed by atoms with Crippen LogP contribution in [0.4, 0.5) is 0 Å². The average molecular weight is 285 g/mol. The summed E-state index contributed by atoms with van der Waals surface area (Å²) >= 11 is 0. The van der Waals surface area contributed by atoms with Gasteiger partial charge in [0.25, 0.3) is 0 Å². The molecule has 1 saturated heterocycles. The second kappa shape index (κ2) is 6.29. The van der Waals surface area contributed by atoms with Crippen molar-refractivity contribution in [2.75, 3.05) is 18.8 Å². The second-order valence-corrected chi connectivity index (χ2v) is 6.71. The van der Waals surface area contributed by atoms with Gasteiger partial charge in [-0.2, -0.15) is 9.40 Å². The lowest BCUT2D eigenvalue weighted by molar-refractivity contribution is 0.204. The first kappa shape index (κ1) is 14.2. The fraction of sp³-hybridized carbons (Fsp3) is 0.667. The predicted molar refractivity (Wildman–Crippen MR) is 71.3 cm³/mol. The van der Waals surface area contributed by atoms with E-state index in [1.54, 1.807) is 18.3 Å².